The molecule has 0 heterocycles. The molecule has 0 amide bonds. The summed E-state index contributed by atoms with van der Waals surface area (Å²) in [4.78, 5) is 22.2. The Morgan fingerprint density at radius 2 is 1.39 bits per heavy atom. The van der Waals surface area contributed by atoms with E-state index in [1.165, 1.54) is 11.8 Å². The molecule has 1 N–H and O–H groups in total. The van der Waals surface area contributed by atoms with Crippen LogP contribution in [-0.4, -0.2) is 105 Å². The van der Waals surface area contributed by atoms with Gasteiger partial charge in [0.2, 0.25) is 0 Å². The van der Waals surface area contributed by atoms with Crippen LogP contribution in [-0.2, 0) is 25.7 Å². The number of aliphatic hydroxyl groups is 1. The number of hydrogen-bond donors (Lipinski definition) is 1. The molecular formula is C21H42O5S10. The van der Waals surface area contributed by atoms with Gasteiger partial charge in [-0.2, -0.15) is 35.3 Å². The molecule has 0 aliphatic carbocycles. The lowest BCUT2D eigenvalue weighted by Crippen LogP contribution is -2.12. The van der Waals surface area contributed by atoms with E-state index >= 15 is 0 Å². The Hall–Kier alpha value is 3.01. The van der Waals surface area contributed by atoms with E-state index in [9.17, 15) is 9.35 Å². The van der Waals surface area contributed by atoms with E-state index in [4.69, 9.17) is 14.9 Å². The van der Waals surface area contributed by atoms with Gasteiger partial charge in [0.15, 0.2) is 5.12 Å². The maximum atomic E-state index is 12.0. The lowest BCUT2D eigenvalue weighted by atomic mass is 10.5. The summed E-state index contributed by atoms with van der Waals surface area (Å²) in [6.07, 6.45) is 2.64. The van der Waals surface area contributed by atoms with Gasteiger partial charge in [-0.25, -0.2) is 9.78 Å². The van der Waals surface area contributed by atoms with Crippen LogP contribution < -0.4 is 0 Å². The first-order valence-electron chi connectivity index (χ1n) is 11.7. The van der Waals surface area contributed by atoms with Crippen LogP contribution in [0, 0.1) is 0 Å². The lowest BCUT2D eigenvalue weighted by molar-refractivity contribution is -0.278. The molecule has 0 saturated carbocycles. The third kappa shape index (κ3) is 33.2. The molecule has 0 aromatic heterocycles. The molecular weight excluding hydrogens is 653 g/mol. The topological polar surface area (TPSA) is 78.8 Å². The summed E-state index contributed by atoms with van der Waals surface area (Å²) in [5.41, 5.74) is 0. The lowest BCUT2D eigenvalue weighted by Gasteiger charge is -2.09. The smallest absolute Gasteiger partial charge is 0.189 e. The van der Waals surface area contributed by atoms with Crippen molar-refractivity contribution in [3.8, 4) is 0 Å². The molecule has 0 radical (unpaired) electrons. The van der Waals surface area contributed by atoms with Crippen molar-refractivity contribution < 1.29 is 24.2 Å². The molecule has 0 aliphatic heterocycles. The van der Waals surface area contributed by atoms with Gasteiger partial charge in [-0.1, -0.05) is 29.9 Å². The minimum Gasteiger partial charge on any atom is -0.616 e. The van der Waals surface area contributed by atoms with Crippen molar-refractivity contribution in [1.29, 1.82) is 0 Å². The van der Waals surface area contributed by atoms with Crippen molar-refractivity contribution in [2.24, 2.45) is 0 Å². The van der Waals surface area contributed by atoms with Gasteiger partial charge in [0.1, 0.15) is 17.4 Å². The Morgan fingerprint density at radius 3 is 2.11 bits per heavy atom. The fourth-order valence-corrected chi connectivity index (χ4v) is 13.0. The van der Waals surface area contributed by atoms with Gasteiger partial charge in [-0.3, -0.25) is 4.79 Å². The molecule has 216 valence electrons. The predicted molar refractivity (Wildman–Crippen MR) is 183 cm³/mol. The predicted octanol–water partition coefficient (Wildman–Crippen LogP) is 6.74. The van der Waals surface area contributed by atoms with E-state index < -0.39 is 11.2 Å². The van der Waals surface area contributed by atoms with Gasteiger partial charge in [-0.05, 0) is 18.6 Å². The minimum atomic E-state index is -0.631. The Labute approximate surface area is 260 Å². The Kier molecular flexibility index (Phi) is 37.1. The Bertz CT molecular complexity index is 457. The minimum absolute atomic E-state index is 0.225. The van der Waals surface area contributed by atoms with Crippen molar-refractivity contribution in [3.05, 3.63) is 0 Å². The molecule has 0 rings (SSSR count). The Morgan fingerprint density at radius 1 is 0.750 bits per heavy atom. The molecule has 36 heavy (non-hydrogen) atoms. The number of aliphatic hydroxyl groups excluding tert-OH is 1. The molecule has 0 bridgehead atoms. The second-order valence-corrected chi connectivity index (χ2v) is 19.8. The van der Waals surface area contributed by atoms with Crippen LogP contribution in [0.5, 0.6) is 0 Å². The third-order valence-corrected chi connectivity index (χ3v) is 16.1. The standard InChI is InChI=1S/C21H42O5S10/c1-2-13-36(24)14-12-31-20-34-19-30-10-11-35-21(23)4-8-28-18-33-17-27-7-3-6-25-26-15-32-16-29-9-5-22/h22H,2-20H2,1H3. The van der Waals surface area contributed by atoms with E-state index in [2.05, 4.69) is 6.92 Å². The monoisotopic (exact) mass is 694 g/mol. The summed E-state index contributed by atoms with van der Waals surface area (Å²) in [6.45, 7) is 2.92. The second-order valence-electron chi connectivity index (χ2n) is 6.70. The molecule has 0 fully saturated rings. The molecule has 0 saturated heterocycles. The average molecular weight is 695 g/mol. The van der Waals surface area contributed by atoms with Crippen LogP contribution >= 0.6 is 106 Å². The number of carbonyl (C=O) groups excluding carboxylic acids is 1. The highest BCUT2D eigenvalue weighted by molar-refractivity contribution is 8.23. The molecule has 0 aliphatic rings. The molecule has 5 nitrogen and oxygen atoms in total. The second kappa shape index (κ2) is 34.2. The van der Waals surface area contributed by atoms with E-state index in [0.717, 1.165) is 84.3 Å². The van der Waals surface area contributed by atoms with Gasteiger partial charge in [-0.15, -0.1) is 58.8 Å². The maximum absolute atomic E-state index is 12.0. The van der Waals surface area contributed by atoms with Crippen LogP contribution in [0.4, 0.5) is 0 Å². The SMILES string of the molecule is CCC[S+]([O-])CCSCSCSCCSC(=O)CCSCSCSCCCOOCSCSCCO. The van der Waals surface area contributed by atoms with Crippen LogP contribution in [0.2, 0.25) is 0 Å². The van der Waals surface area contributed by atoms with Crippen LogP contribution in [0.3, 0.4) is 0 Å². The number of thioether (sulfide) groups is 9. The molecule has 15 heteroatoms. The molecule has 0 spiro atoms. The first kappa shape index (κ1) is 39.0. The fraction of sp³-hybridized carbons (Fsp3) is 0.952. The number of hydrogen-bond acceptors (Lipinski definition) is 14. The van der Waals surface area contributed by atoms with Crippen molar-refractivity contribution in [2.75, 3.05) is 90.6 Å². The zero-order chi connectivity index (χ0) is 26.4. The van der Waals surface area contributed by atoms with Gasteiger partial charge in [0.05, 0.1) is 13.2 Å². The number of rotatable bonds is 30. The zero-order valence-corrected chi connectivity index (χ0v) is 29.3. The van der Waals surface area contributed by atoms with Crippen molar-refractivity contribution in [2.45, 2.75) is 26.2 Å². The maximum Gasteiger partial charge on any atom is 0.189 e. The largest absolute Gasteiger partial charge is 0.616 e. The fourth-order valence-electron chi connectivity index (χ4n) is 2.03. The van der Waals surface area contributed by atoms with Crippen LogP contribution in [0.25, 0.3) is 0 Å². The zero-order valence-electron chi connectivity index (χ0n) is 21.1. The van der Waals surface area contributed by atoms with Gasteiger partial charge < -0.3 is 9.66 Å². The molecule has 0 aromatic rings. The Balaban J connectivity index is 3.17. The first-order chi connectivity index (χ1) is 17.7. The average Bonchev–Trinajstić information content (AvgIpc) is 2.87. The summed E-state index contributed by atoms with van der Waals surface area (Å²) in [7, 11) is 0. The summed E-state index contributed by atoms with van der Waals surface area (Å²) < 4.78 is 11.6. The summed E-state index contributed by atoms with van der Waals surface area (Å²) in [6, 6.07) is 0. The van der Waals surface area contributed by atoms with E-state index in [0.29, 0.717) is 24.1 Å². The van der Waals surface area contributed by atoms with Crippen molar-refractivity contribution in [3.63, 3.8) is 0 Å². The third-order valence-electron chi connectivity index (χ3n) is 3.63. The van der Waals surface area contributed by atoms with E-state index in [1.807, 2.05) is 70.6 Å². The van der Waals surface area contributed by atoms with Crippen molar-refractivity contribution in [1.82, 2.24) is 0 Å². The summed E-state index contributed by atoms with van der Waals surface area (Å²) in [5, 5.41) is 14.1. The molecule has 1 atom stereocenters. The van der Waals surface area contributed by atoms with Crippen molar-refractivity contribution >= 4 is 122 Å². The normalized spacial score (nSPS) is 12.3. The molecule has 1 unspecified atom stereocenters. The number of carbonyl (C=O) groups is 1. The van der Waals surface area contributed by atoms with Crippen LogP contribution in [0.1, 0.15) is 26.2 Å². The van der Waals surface area contributed by atoms with Crippen LogP contribution in [0.15, 0.2) is 0 Å². The van der Waals surface area contributed by atoms with E-state index in [1.54, 1.807) is 23.5 Å². The highest BCUT2D eigenvalue weighted by atomic mass is 32.2. The van der Waals surface area contributed by atoms with Gasteiger partial charge >= 0.3 is 0 Å². The van der Waals surface area contributed by atoms with Gasteiger partial charge in [0.25, 0.3) is 0 Å². The van der Waals surface area contributed by atoms with E-state index in [-0.39, 0.29) is 6.61 Å². The first-order valence-corrected chi connectivity index (χ1v) is 23.4. The van der Waals surface area contributed by atoms with Gasteiger partial charge in [0, 0.05) is 60.6 Å². The highest BCUT2D eigenvalue weighted by Crippen LogP contribution is 2.21. The molecule has 0 aromatic carbocycles. The quantitative estimate of drug-likeness (QED) is 0.0284. The summed E-state index contributed by atoms with van der Waals surface area (Å²) >= 11 is 15.6. The highest BCUT2D eigenvalue weighted by Gasteiger charge is 2.05. The summed E-state index contributed by atoms with van der Waals surface area (Å²) in [5.74, 6) is 7.84.